The quantitative estimate of drug-likeness (QED) is 0.246. The number of para-hydroxylation sites is 5. The third-order valence-electron chi connectivity index (χ3n) is 4.37. The number of nitrogens with zero attached hydrogens (tertiary/aromatic N) is 3. The molecule has 4 aromatic rings. The first-order chi connectivity index (χ1) is 15.1. The number of anilines is 5. The van der Waals surface area contributed by atoms with E-state index in [9.17, 15) is 15.3 Å². The molecule has 3 aromatic carbocycles. The molecule has 0 atom stereocenters. The number of phenols is 3. The minimum atomic E-state index is 0.0434. The predicted octanol–water partition coefficient (Wildman–Crippen LogP) is 4.09. The number of nitrogens with one attached hydrogen (secondary N) is 3. The summed E-state index contributed by atoms with van der Waals surface area (Å²) in [7, 11) is 0. The molecular weight excluding hydrogens is 396 g/mol. The van der Waals surface area contributed by atoms with Gasteiger partial charge in [0.25, 0.3) is 0 Å². The lowest BCUT2D eigenvalue weighted by Crippen LogP contribution is -2.09. The van der Waals surface area contributed by atoms with Crippen molar-refractivity contribution < 1.29 is 15.3 Å². The van der Waals surface area contributed by atoms with E-state index in [1.54, 1.807) is 66.7 Å². The van der Waals surface area contributed by atoms with Crippen molar-refractivity contribution in [2.45, 2.75) is 6.54 Å². The number of aromatic hydroxyl groups is 3. The van der Waals surface area contributed by atoms with Crippen molar-refractivity contribution in [3.8, 4) is 17.2 Å². The van der Waals surface area contributed by atoms with Crippen molar-refractivity contribution in [3.05, 3.63) is 78.4 Å². The maximum absolute atomic E-state index is 10.0. The maximum Gasteiger partial charge on any atom is 0.233 e. The Labute approximate surface area is 178 Å². The van der Waals surface area contributed by atoms with Gasteiger partial charge < -0.3 is 31.3 Å². The maximum atomic E-state index is 10.0. The summed E-state index contributed by atoms with van der Waals surface area (Å²) >= 11 is 0. The van der Waals surface area contributed by atoms with Crippen LogP contribution >= 0.6 is 0 Å². The lowest BCUT2D eigenvalue weighted by atomic mass is 10.2. The largest absolute Gasteiger partial charge is 0.508 e. The molecule has 9 nitrogen and oxygen atoms in total. The lowest BCUT2D eigenvalue weighted by molar-refractivity contribution is 0.469. The van der Waals surface area contributed by atoms with E-state index in [1.807, 2.05) is 6.07 Å². The summed E-state index contributed by atoms with van der Waals surface area (Å²) in [6.45, 7) is 0.280. The first-order valence-corrected chi connectivity index (χ1v) is 9.45. The first kappa shape index (κ1) is 19.8. The molecule has 0 aliphatic heterocycles. The van der Waals surface area contributed by atoms with Crippen molar-refractivity contribution >= 4 is 29.2 Å². The number of hydrogen-bond acceptors (Lipinski definition) is 9. The Morgan fingerprint density at radius 1 is 0.548 bits per heavy atom. The van der Waals surface area contributed by atoms with Crippen LogP contribution in [0.3, 0.4) is 0 Å². The van der Waals surface area contributed by atoms with Gasteiger partial charge in [0.15, 0.2) is 0 Å². The van der Waals surface area contributed by atoms with Gasteiger partial charge in [0.2, 0.25) is 17.8 Å². The van der Waals surface area contributed by atoms with Crippen molar-refractivity contribution in [1.29, 1.82) is 0 Å². The normalized spacial score (nSPS) is 10.5. The second kappa shape index (κ2) is 8.87. The molecule has 0 unspecified atom stereocenters. The van der Waals surface area contributed by atoms with Gasteiger partial charge in [-0.3, -0.25) is 0 Å². The fourth-order valence-corrected chi connectivity index (χ4v) is 2.80. The molecule has 156 valence electrons. The summed E-state index contributed by atoms with van der Waals surface area (Å²) in [5.41, 5.74) is 1.52. The molecule has 1 heterocycles. The van der Waals surface area contributed by atoms with Crippen LogP contribution in [-0.4, -0.2) is 30.3 Å². The van der Waals surface area contributed by atoms with E-state index in [0.29, 0.717) is 16.9 Å². The standard InChI is InChI=1S/C22H20N6O3/c29-17-10-4-1-7-14(17)13-23-20-26-21(24-15-8-2-5-11-18(15)30)28-22(27-20)25-16-9-3-6-12-19(16)31/h1-12,29-31H,13H2,(H3,23,24,25,26,27,28). The minimum Gasteiger partial charge on any atom is -0.508 e. The van der Waals surface area contributed by atoms with Crippen LogP contribution in [0.1, 0.15) is 5.56 Å². The van der Waals surface area contributed by atoms with Gasteiger partial charge in [-0.2, -0.15) is 15.0 Å². The van der Waals surface area contributed by atoms with Gasteiger partial charge in [-0.15, -0.1) is 0 Å². The van der Waals surface area contributed by atoms with Gasteiger partial charge in [0.1, 0.15) is 17.2 Å². The van der Waals surface area contributed by atoms with Gasteiger partial charge in [-0.1, -0.05) is 42.5 Å². The summed E-state index contributed by atoms with van der Waals surface area (Å²) in [6, 6.07) is 20.3. The van der Waals surface area contributed by atoms with E-state index in [-0.39, 0.29) is 41.6 Å². The van der Waals surface area contributed by atoms with E-state index in [2.05, 4.69) is 30.9 Å². The van der Waals surface area contributed by atoms with Crippen LogP contribution in [0.2, 0.25) is 0 Å². The highest BCUT2D eigenvalue weighted by molar-refractivity contribution is 5.65. The van der Waals surface area contributed by atoms with Crippen molar-refractivity contribution in [1.82, 2.24) is 15.0 Å². The Hall–Kier alpha value is -4.53. The second-order valence-electron chi connectivity index (χ2n) is 6.57. The third-order valence-corrected chi connectivity index (χ3v) is 4.37. The van der Waals surface area contributed by atoms with E-state index in [1.165, 1.54) is 0 Å². The zero-order valence-corrected chi connectivity index (χ0v) is 16.3. The minimum absolute atomic E-state index is 0.0434. The van der Waals surface area contributed by atoms with Crippen LogP contribution in [0.4, 0.5) is 29.2 Å². The van der Waals surface area contributed by atoms with Gasteiger partial charge in [0.05, 0.1) is 11.4 Å². The van der Waals surface area contributed by atoms with Crippen LogP contribution in [0.15, 0.2) is 72.8 Å². The van der Waals surface area contributed by atoms with E-state index in [0.717, 1.165) is 0 Å². The van der Waals surface area contributed by atoms with Crippen molar-refractivity contribution in [2.24, 2.45) is 0 Å². The Morgan fingerprint density at radius 2 is 1.00 bits per heavy atom. The molecule has 0 aliphatic rings. The molecule has 6 N–H and O–H groups in total. The molecule has 0 aliphatic carbocycles. The van der Waals surface area contributed by atoms with Gasteiger partial charge in [0, 0.05) is 12.1 Å². The van der Waals surface area contributed by atoms with Crippen LogP contribution in [0.5, 0.6) is 17.2 Å². The summed E-state index contributed by atoms with van der Waals surface area (Å²) in [6.07, 6.45) is 0. The Kier molecular flexibility index (Phi) is 5.66. The Morgan fingerprint density at radius 3 is 1.52 bits per heavy atom. The molecule has 0 saturated heterocycles. The fraction of sp³-hybridized carbons (Fsp3) is 0.0455. The summed E-state index contributed by atoms with van der Waals surface area (Å²) in [5, 5.41) is 39.0. The summed E-state index contributed by atoms with van der Waals surface area (Å²) in [5.74, 6) is 0.824. The molecule has 0 radical (unpaired) electrons. The Bertz CT molecular complexity index is 1140. The molecule has 0 saturated carbocycles. The highest BCUT2D eigenvalue weighted by Crippen LogP contribution is 2.28. The molecule has 4 rings (SSSR count). The number of benzene rings is 3. The van der Waals surface area contributed by atoms with Gasteiger partial charge in [-0.25, -0.2) is 0 Å². The highest BCUT2D eigenvalue weighted by Gasteiger charge is 2.11. The summed E-state index contributed by atoms with van der Waals surface area (Å²) in [4.78, 5) is 13.0. The number of hydrogen-bond donors (Lipinski definition) is 6. The predicted molar refractivity (Wildman–Crippen MR) is 118 cm³/mol. The second-order valence-corrected chi connectivity index (χ2v) is 6.57. The SMILES string of the molecule is Oc1ccccc1CNc1nc(Nc2ccccc2O)nc(Nc2ccccc2O)n1. The molecule has 0 spiro atoms. The van der Waals surface area contributed by atoms with Gasteiger partial charge >= 0.3 is 0 Å². The third kappa shape index (κ3) is 4.91. The molecule has 0 amide bonds. The molecule has 0 fully saturated rings. The molecule has 1 aromatic heterocycles. The monoisotopic (exact) mass is 416 g/mol. The summed E-state index contributed by atoms with van der Waals surface area (Å²) < 4.78 is 0. The number of phenolic OH excluding ortho intramolecular Hbond substituents is 3. The topological polar surface area (TPSA) is 135 Å². The molecule has 0 bridgehead atoms. The highest BCUT2D eigenvalue weighted by atomic mass is 16.3. The number of rotatable bonds is 7. The fourth-order valence-electron chi connectivity index (χ4n) is 2.80. The van der Waals surface area contributed by atoms with Crippen molar-refractivity contribution in [2.75, 3.05) is 16.0 Å². The number of aromatic nitrogens is 3. The van der Waals surface area contributed by atoms with Gasteiger partial charge in [-0.05, 0) is 30.3 Å². The zero-order valence-electron chi connectivity index (χ0n) is 16.3. The lowest BCUT2D eigenvalue weighted by Gasteiger charge is -2.13. The smallest absolute Gasteiger partial charge is 0.233 e. The van der Waals surface area contributed by atoms with Crippen LogP contribution in [-0.2, 0) is 6.54 Å². The average Bonchev–Trinajstić information content (AvgIpc) is 2.76. The van der Waals surface area contributed by atoms with E-state index >= 15 is 0 Å². The van der Waals surface area contributed by atoms with Crippen LogP contribution < -0.4 is 16.0 Å². The van der Waals surface area contributed by atoms with E-state index in [4.69, 9.17) is 0 Å². The zero-order chi connectivity index (χ0) is 21.6. The van der Waals surface area contributed by atoms with Crippen molar-refractivity contribution in [3.63, 3.8) is 0 Å². The van der Waals surface area contributed by atoms with E-state index < -0.39 is 0 Å². The van der Waals surface area contributed by atoms with Crippen LogP contribution in [0, 0.1) is 0 Å². The Balaban J connectivity index is 1.63. The molecule has 31 heavy (non-hydrogen) atoms. The average molecular weight is 416 g/mol. The molecule has 9 heteroatoms. The molecular formula is C22H20N6O3. The van der Waals surface area contributed by atoms with Crippen LogP contribution in [0.25, 0.3) is 0 Å². The first-order valence-electron chi connectivity index (χ1n) is 9.45.